The summed E-state index contributed by atoms with van der Waals surface area (Å²) in [5.74, 6) is 0. The molecule has 0 spiro atoms. The van der Waals surface area contributed by atoms with Crippen LogP contribution in [0.15, 0.2) is 42.5 Å². The fraction of sp³-hybridized carbons (Fsp3) is 0.480. The van der Waals surface area contributed by atoms with Crippen molar-refractivity contribution in [1.82, 2.24) is 10.2 Å². The molecule has 7 heteroatoms. The first-order valence-electron chi connectivity index (χ1n) is 11.4. The fourth-order valence-electron chi connectivity index (χ4n) is 4.58. The third-order valence-corrected chi connectivity index (χ3v) is 7.22. The number of hydrogen-bond acceptors (Lipinski definition) is 2. The monoisotopic (exact) mass is 494 g/mol. The average molecular weight is 496 g/mol. The van der Waals surface area contributed by atoms with Gasteiger partial charge in [-0.1, -0.05) is 72.3 Å². The van der Waals surface area contributed by atoms with Crippen LogP contribution in [-0.2, 0) is 4.74 Å². The number of urea groups is 1. The highest BCUT2D eigenvalue weighted by Crippen LogP contribution is 2.36. The third kappa shape index (κ3) is 6.11. The summed E-state index contributed by atoms with van der Waals surface area (Å²) in [4.78, 5) is 14.6. The van der Waals surface area contributed by atoms with Crippen LogP contribution >= 0.6 is 34.8 Å². The average Bonchev–Trinajstić information content (AvgIpc) is 2.80. The van der Waals surface area contributed by atoms with Crippen LogP contribution in [0.1, 0.15) is 62.2 Å². The molecule has 2 fully saturated rings. The lowest BCUT2D eigenvalue weighted by Crippen LogP contribution is -2.49. The van der Waals surface area contributed by atoms with Crippen molar-refractivity contribution in [3.05, 3.63) is 68.7 Å². The molecule has 1 saturated carbocycles. The van der Waals surface area contributed by atoms with Crippen molar-refractivity contribution in [3.8, 4) is 0 Å². The van der Waals surface area contributed by atoms with Gasteiger partial charge in [0.25, 0.3) is 0 Å². The summed E-state index contributed by atoms with van der Waals surface area (Å²) in [6, 6.07) is 13.5. The molecule has 32 heavy (non-hydrogen) atoms. The second kappa shape index (κ2) is 11.1. The third-order valence-electron chi connectivity index (χ3n) is 6.41. The van der Waals surface area contributed by atoms with Gasteiger partial charge in [0.2, 0.25) is 0 Å². The number of carbonyl (C=O) groups excluding carboxylic acids is 1. The van der Waals surface area contributed by atoms with E-state index in [0.29, 0.717) is 34.2 Å². The van der Waals surface area contributed by atoms with E-state index in [2.05, 4.69) is 5.32 Å². The molecule has 1 unspecified atom stereocenters. The Morgan fingerprint density at radius 1 is 0.906 bits per heavy atom. The van der Waals surface area contributed by atoms with Gasteiger partial charge >= 0.3 is 6.03 Å². The van der Waals surface area contributed by atoms with E-state index in [0.717, 1.165) is 36.8 Å². The van der Waals surface area contributed by atoms with Crippen molar-refractivity contribution < 1.29 is 9.53 Å². The summed E-state index contributed by atoms with van der Waals surface area (Å²) in [6.45, 7) is 1.37. The number of benzene rings is 2. The number of nitrogens with zero attached hydrogens (tertiary/aromatic N) is 1. The van der Waals surface area contributed by atoms with Crippen LogP contribution in [0.5, 0.6) is 0 Å². The number of nitrogens with one attached hydrogen (secondary N) is 1. The molecule has 1 heterocycles. The zero-order valence-corrected chi connectivity index (χ0v) is 20.3. The minimum Gasteiger partial charge on any atom is -0.365 e. The maximum atomic E-state index is 12.7. The predicted octanol–water partition coefficient (Wildman–Crippen LogP) is 7.26. The molecule has 1 aliphatic heterocycles. The van der Waals surface area contributed by atoms with E-state index in [9.17, 15) is 4.79 Å². The number of piperidine rings is 1. The molecule has 2 aromatic rings. The second-order valence-electron chi connectivity index (χ2n) is 8.70. The van der Waals surface area contributed by atoms with Gasteiger partial charge in [-0.3, -0.25) is 0 Å². The summed E-state index contributed by atoms with van der Waals surface area (Å²) in [5, 5.41) is 5.05. The topological polar surface area (TPSA) is 41.6 Å². The standard InChI is InChI=1S/C25H29Cl3N2O2/c26-18-8-6-17(7-9-18)24(22-11-10-19(27)16-23(22)28)32-21-12-14-30(15-13-21)25(31)29-20-4-2-1-3-5-20/h6-11,16,20-21,24H,1-5,12-15H2,(H,29,31). The summed E-state index contributed by atoms with van der Waals surface area (Å²) in [5.41, 5.74) is 1.85. The molecule has 1 atom stereocenters. The number of likely N-dealkylation sites (tertiary alicyclic amines) is 1. The van der Waals surface area contributed by atoms with E-state index in [1.807, 2.05) is 41.3 Å². The Morgan fingerprint density at radius 3 is 2.22 bits per heavy atom. The summed E-state index contributed by atoms with van der Waals surface area (Å²) in [7, 11) is 0. The zero-order chi connectivity index (χ0) is 22.5. The fourth-order valence-corrected chi connectivity index (χ4v) is 5.22. The van der Waals surface area contributed by atoms with Crippen LogP contribution < -0.4 is 5.32 Å². The van der Waals surface area contributed by atoms with Crippen LogP contribution in [0.4, 0.5) is 4.79 Å². The van der Waals surface area contributed by atoms with Crippen LogP contribution in [0.2, 0.25) is 15.1 Å². The highest BCUT2D eigenvalue weighted by Gasteiger charge is 2.28. The molecule has 4 rings (SSSR count). The summed E-state index contributed by atoms with van der Waals surface area (Å²) in [6.07, 6.45) is 7.15. The Kier molecular flexibility index (Phi) is 8.22. The molecule has 1 saturated heterocycles. The molecule has 172 valence electrons. The van der Waals surface area contributed by atoms with Crippen molar-refractivity contribution in [3.63, 3.8) is 0 Å². The number of rotatable bonds is 5. The van der Waals surface area contributed by atoms with E-state index in [-0.39, 0.29) is 18.2 Å². The molecule has 0 bridgehead atoms. The molecule has 0 radical (unpaired) electrons. The molecule has 2 aromatic carbocycles. The minimum atomic E-state index is -0.329. The van der Waals surface area contributed by atoms with Crippen LogP contribution in [0.25, 0.3) is 0 Å². The van der Waals surface area contributed by atoms with Crippen molar-refractivity contribution in [2.75, 3.05) is 13.1 Å². The van der Waals surface area contributed by atoms with Gasteiger partial charge in [-0.25, -0.2) is 4.79 Å². The van der Waals surface area contributed by atoms with Gasteiger partial charge in [0.15, 0.2) is 0 Å². The van der Waals surface area contributed by atoms with Gasteiger partial charge in [0.05, 0.1) is 6.10 Å². The Labute approximate surface area is 205 Å². The molecule has 1 N–H and O–H groups in total. The quantitative estimate of drug-likeness (QED) is 0.474. The van der Waals surface area contributed by atoms with Crippen molar-refractivity contribution in [2.24, 2.45) is 0 Å². The molecule has 0 aromatic heterocycles. The first-order valence-corrected chi connectivity index (χ1v) is 12.5. The highest BCUT2D eigenvalue weighted by molar-refractivity contribution is 6.35. The Balaban J connectivity index is 1.41. The molecule has 4 nitrogen and oxygen atoms in total. The van der Waals surface area contributed by atoms with E-state index in [1.165, 1.54) is 19.3 Å². The van der Waals surface area contributed by atoms with Gasteiger partial charge < -0.3 is 15.0 Å². The second-order valence-corrected chi connectivity index (χ2v) is 9.98. The van der Waals surface area contributed by atoms with Gasteiger partial charge in [-0.05, 0) is 55.5 Å². The largest absolute Gasteiger partial charge is 0.365 e. The van der Waals surface area contributed by atoms with Crippen LogP contribution in [-0.4, -0.2) is 36.2 Å². The maximum absolute atomic E-state index is 12.7. The summed E-state index contributed by atoms with van der Waals surface area (Å²) < 4.78 is 6.57. The van der Waals surface area contributed by atoms with Gasteiger partial charge in [0, 0.05) is 39.8 Å². The normalized spacial score (nSPS) is 19.0. The van der Waals surface area contributed by atoms with Gasteiger partial charge in [-0.2, -0.15) is 0 Å². The maximum Gasteiger partial charge on any atom is 0.317 e. The Hall–Kier alpha value is -1.46. The molecule has 2 amide bonds. The van der Waals surface area contributed by atoms with E-state index < -0.39 is 0 Å². The zero-order valence-electron chi connectivity index (χ0n) is 18.0. The molecule has 1 aliphatic carbocycles. The molecular formula is C25H29Cl3N2O2. The highest BCUT2D eigenvalue weighted by atomic mass is 35.5. The lowest BCUT2D eigenvalue weighted by atomic mass is 9.95. The van der Waals surface area contributed by atoms with Crippen molar-refractivity contribution in [2.45, 2.75) is 63.2 Å². The first kappa shape index (κ1) is 23.7. The van der Waals surface area contributed by atoms with Gasteiger partial charge in [-0.15, -0.1) is 0 Å². The molecular weight excluding hydrogens is 467 g/mol. The lowest BCUT2D eigenvalue weighted by molar-refractivity contribution is -0.0213. The van der Waals surface area contributed by atoms with E-state index >= 15 is 0 Å². The van der Waals surface area contributed by atoms with E-state index in [1.54, 1.807) is 6.07 Å². The smallest absolute Gasteiger partial charge is 0.317 e. The predicted molar refractivity (Wildman–Crippen MR) is 131 cm³/mol. The lowest BCUT2D eigenvalue weighted by Gasteiger charge is -2.35. The van der Waals surface area contributed by atoms with Crippen molar-refractivity contribution in [1.29, 1.82) is 0 Å². The number of hydrogen-bond donors (Lipinski definition) is 1. The summed E-state index contributed by atoms with van der Waals surface area (Å²) >= 11 is 18.7. The van der Waals surface area contributed by atoms with Crippen molar-refractivity contribution >= 4 is 40.8 Å². The Bertz CT molecular complexity index is 908. The van der Waals surface area contributed by atoms with Crippen LogP contribution in [0.3, 0.4) is 0 Å². The van der Waals surface area contributed by atoms with Crippen LogP contribution in [0, 0.1) is 0 Å². The number of halogens is 3. The van der Waals surface area contributed by atoms with E-state index in [4.69, 9.17) is 39.5 Å². The Morgan fingerprint density at radius 2 is 1.56 bits per heavy atom. The number of amides is 2. The minimum absolute atomic E-state index is 0.0288. The first-order chi connectivity index (χ1) is 15.5. The number of ether oxygens (including phenoxy) is 1. The molecule has 2 aliphatic rings. The SMILES string of the molecule is O=C(NC1CCCCC1)N1CCC(OC(c2ccc(Cl)cc2)c2ccc(Cl)cc2Cl)CC1. The van der Waals surface area contributed by atoms with Gasteiger partial charge in [0.1, 0.15) is 6.10 Å². The number of carbonyl (C=O) groups is 1.